The van der Waals surface area contributed by atoms with Crippen LogP contribution in [0.5, 0.6) is 0 Å². The molecular formula is C25H41N5O3. The van der Waals surface area contributed by atoms with E-state index in [0.717, 1.165) is 43.6 Å². The lowest BCUT2D eigenvalue weighted by atomic mass is 9.86. The van der Waals surface area contributed by atoms with Crippen molar-refractivity contribution in [3.05, 3.63) is 17.6 Å². The Bertz CT molecular complexity index is 839. The third-order valence-corrected chi connectivity index (χ3v) is 4.79. The van der Waals surface area contributed by atoms with Crippen LogP contribution >= 0.6 is 0 Å². The zero-order chi connectivity index (χ0) is 25.0. The van der Waals surface area contributed by atoms with E-state index in [4.69, 9.17) is 4.74 Å². The Balaban J connectivity index is 0.00000265. The summed E-state index contributed by atoms with van der Waals surface area (Å²) < 4.78 is 5.29. The van der Waals surface area contributed by atoms with Gasteiger partial charge < -0.3 is 20.3 Å². The highest BCUT2D eigenvalue weighted by Gasteiger charge is 2.25. The summed E-state index contributed by atoms with van der Waals surface area (Å²) in [7, 11) is 1.56. The number of aryl methyl sites for hydroxylation is 1. The van der Waals surface area contributed by atoms with Gasteiger partial charge in [0, 0.05) is 31.7 Å². The van der Waals surface area contributed by atoms with E-state index in [2.05, 4.69) is 32.4 Å². The Labute approximate surface area is 199 Å². The Morgan fingerprint density at radius 1 is 1.27 bits per heavy atom. The molecule has 0 spiro atoms. The number of amides is 2. The van der Waals surface area contributed by atoms with Gasteiger partial charge >= 0.3 is 6.09 Å². The number of anilines is 1. The van der Waals surface area contributed by atoms with Gasteiger partial charge in [-0.2, -0.15) is 0 Å². The molecule has 0 saturated heterocycles. The number of likely N-dealkylation sites (N-methyl/N-ethyl adjacent to an activating group) is 1. The fourth-order valence-electron chi connectivity index (χ4n) is 3.39. The fraction of sp³-hybridized carbons (Fsp3) is 0.680. The van der Waals surface area contributed by atoms with Gasteiger partial charge in [0.05, 0.1) is 5.56 Å². The molecule has 33 heavy (non-hydrogen) atoms. The fourth-order valence-corrected chi connectivity index (χ4v) is 3.39. The second-order valence-electron chi connectivity index (χ2n) is 8.94. The standard InChI is InChI=1S/C23H35N5O3.C2H6/c1-7-24-21-18(14-25-16(2)26-21)12-11-17-9-8-10-19(13-17)27-20(29)15-28(6)22(30)31-23(3,4)5;1-2/h14,17,19H,7-10,13,15H2,1-6H3,(H,27,29)(H,24,25,26);1-2H3/t17-,19-;/m0./s1. The summed E-state index contributed by atoms with van der Waals surface area (Å²) in [5.41, 5.74) is 0.198. The van der Waals surface area contributed by atoms with Crippen LogP contribution in [0.15, 0.2) is 6.20 Å². The van der Waals surface area contributed by atoms with Gasteiger partial charge in [-0.1, -0.05) is 32.1 Å². The Morgan fingerprint density at radius 3 is 2.61 bits per heavy atom. The average molecular weight is 460 g/mol. The number of nitrogens with one attached hydrogen (secondary N) is 2. The minimum Gasteiger partial charge on any atom is -0.444 e. The van der Waals surface area contributed by atoms with Gasteiger partial charge in [-0.15, -0.1) is 0 Å². The summed E-state index contributed by atoms with van der Waals surface area (Å²) in [6.07, 6.45) is 4.94. The van der Waals surface area contributed by atoms with E-state index in [1.807, 2.05) is 27.7 Å². The molecule has 2 atom stereocenters. The van der Waals surface area contributed by atoms with Crippen molar-refractivity contribution in [2.45, 2.75) is 85.8 Å². The van der Waals surface area contributed by atoms with Crippen molar-refractivity contribution < 1.29 is 14.3 Å². The quantitative estimate of drug-likeness (QED) is 0.643. The molecule has 1 aromatic rings. The molecule has 0 radical (unpaired) electrons. The number of hydrogen-bond acceptors (Lipinski definition) is 6. The largest absolute Gasteiger partial charge is 0.444 e. The maximum atomic E-state index is 12.4. The first-order valence-electron chi connectivity index (χ1n) is 11.9. The van der Waals surface area contributed by atoms with Crippen LogP contribution in [0.3, 0.4) is 0 Å². The second-order valence-corrected chi connectivity index (χ2v) is 8.94. The number of ether oxygens (including phenoxy) is 1. The first-order chi connectivity index (χ1) is 15.6. The molecule has 1 heterocycles. The molecule has 0 bridgehead atoms. The van der Waals surface area contributed by atoms with Crippen molar-refractivity contribution in [1.82, 2.24) is 20.2 Å². The van der Waals surface area contributed by atoms with E-state index in [9.17, 15) is 9.59 Å². The molecule has 0 unspecified atom stereocenters. The van der Waals surface area contributed by atoms with E-state index in [-0.39, 0.29) is 24.4 Å². The lowest BCUT2D eigenvalue weighted by Crippen LogP contribution is -2.45. The smallest absolute Gasteiger partial charge is 0.410 e. The van der Waals surface area contributed by atoms with Crippen LogP contribution < -0.4 is 10.6 Å². The van der Waals surface area contributed by atoms with Gasteiger partial charge in [0.15, 0.2) is 0 Å². The van der Waals surface area contributed by atoms with Crippen molar-refractivity contribution in [3.63, 3.8) is 0 Å². The minimum atomic E-state index is -0.591. The number of rotatable bonds is 5. The summed E-state index contributed by atoms with van der Waals surface area (Å²) in [6, 6.07) is 0.0510. The summed E-state index contributed by atoms with van der Waals surface area (Å²) in [4.78, 5) is 34.4. The van der Waals surface area contributed by atoms with Gasteiger partial charge in [0.1, 0.15) is 23.8 Å². The van der Waals surface area contributed by atoms with Gasteiger partial charge in [-0.3, -0.25) is 4.79 Å². The zero-order valence-electron chi connectivity index (χ0n) is 21.5. The Morgan fingerprint density at radius 2 is 1.97 bits per heavy atom. The first kappa shape index (κ1) is 28.2. The van der Waals surface area contributed by atoms with Crippen LogP contribution in [-0.2, 0) is 9.53 Å². The average Bonchev–Trinajstić information content (AvgIpc) is 2.74. The van der Waals surface area contributed by atoms with E-state index in [1.165, 1.54) is 4.90 Å². The summed E-state index contributed by atoms with van der Waals surface area (Å²) in [6.45, 7) is 14.0. The molecule has 0 aromatic carbocycles. The van der Waals surface area contributed by atoms with Crippen molar-refractivity contribution in [2.24, 2.45) is 5.92 Å². The molecule has 1 aliphatic rings. The van der Waals surface area contributed by atoms with E-state index >= 15 is 0 Å². The maximum absolute atomic E-state index is 12.4. The van der Waals surface area contributed by atoms with Gasteiger partial charge in [-0.25, -0.2) is 14.8 Å². The highest BCUT2D eigenvalue weighted by molar-refractivity contribution is 5.82. The van der Waals surface area contributed by atoms with Crippen molar-refractivity contribution >= 4 is 17.8 Å². The molecule has 184 valence electrons. The van der Waals surface area contributed by atoms with Gasteiger partial charge in [-0.05, 0) is 53.9 Å². The van der Waals surface area contributed by atoms with Crippen molar-refractivity contribution in [1.29, 1.82) is 0 Å². The zero-order valence-corrected chi connectivity index (χ0v) is 21.5. The van der Waals surface area contributed by atoms with Crippen LogP contribution in [0.25, 0.3) is 0 Å². The molecule has 2 N–H and O–H groups in total. The third-order valence-electron chi connectivity index (χ3n) is 4.79. The highest BCUT2D eigenvalue weighted by Crippen LogP contribution is 2.24. The lowest BCUT2D eigenvalue weighted by molar-refractivity contribution is -0.123. The molecule has 8 nitrogen and oxygen atoms in total. The molecule has 1 aliphatic carbocycles. The molecule has 0 aliphatic heterocycles. The normalized spacial score (nSPS) is 17.5. The third kappa shape index (κ3) is 10.6. The molecule has 8 heteroatoms. The molecule has 2 amide bonds. The maximum Gasteiger partial charge on any atom is 0.410 e. The number of nitrogens with zero attached hydrogens (tertiary/aromatic N) is 3. The second kappa shape index (κ2) is 13.7. The van der Waals surface area contributed by atoms with E-state index in [0.29, 0.717) is 5.82 Å². The predicted molar refractivity (Wildman–Crippen MR) is 132 cm³/mol. The van der Waals surface area contributed by atoms with Crippen LogP contribution in [0.4, 0.5) is 10.6 Å². The lowest BCUT2D eigenvalue weighted by Gasteiger charge is -2.28. The topological polar surface area (TPSA) is 96.5 Å². The predicted octanol–water partition coefficient (Wildman–Crippen LogP) is 4.14. The Kier molecular flexibility index (Phi) is 11.7. The molecule has 1 fully saturated rings. The van der Waals surface area contributed by atoms with Crippen LogP contribution in [0, 0.1) is 24.7 Å². The monoisotopic (exact) mass is 459 g/mol. The first-order valence-corrected chi connectivity index (χ1v) is 11.9. The molecular weight excluding hydrogens is 418 g/mol. The van der Waals surface area contributed by atoms with Crippen LogP contribution in [0.2, 0.25) is 0 Å². The molecule has 2 rings (SSSR count). The van der Waals surface area contributed by atoms with E-state index in [1.54, 1.807) is 34.0 Å². The Hall–Kier alpha value is -2.82. The number of hydrogen-bond donors (Lipinski definition) is 2. The summed E-state index contributed by atoms with van der Waals surface area (Å²) in [5, 5.41) is 6.27. The van der Waals surface area contributed by atoms with Gasteiger partial charge in [0.25, 0.3) is 0 Å². The number of aromatic nitrogens is 2. The van der Waals surface area contributed by atoms with E-state index < -0.39 is 11.7 Å². The summed E-state index contributed by atoms with van der Waals surface area (Å²) >= 11 is 0. The number of carbonyl (C=O) groups excluding carboxylic acids is 2. The minimum absolute atomic E-state index is 0.0332. The molecule has 1 saturated carbocycles. The number of carbonyl (C=O) groups is 2. The molecule has 1 aromatic heterocycles. The van der Waals surface area contributed by atoms with Crippen molar-refractivity contribution in [3.8, 4) is 11.8 Å². The van der Waals surface area contributed by atoms with Crippen LogP contribution in [0.1, 0.15) is 78.6 Å². The van der Waals surface area contributed by atoms with Crippen molar-refractivity contribution in [2.75, 3.05) is 25.5 Å². The van der Waals surface area contributed by atoms with Crippen LogP contribution in [-0.4, -0.2) is 58.6 Å². The van der Waals surface area contributed by atoms with Gasteiger partial charge in [0.2, 0.25) is 5.91 Å². The SMILES string of the molecule is CC.CCNc1nc(C)ncc1C#C[C@@H]1CCC[C@H](NC(=O)CN(C)C(=O)OC(C)(C)C)C1. The summed E-state index contributed by atoms with van der Waals surface area (Å²) in [5.74, 6) is 8.03. The highest BCUT2D eigenvalue weighted by atomic mass is 16.6.